The van der Waals surface area contributed by atoms with Gasteiger partial charge >= 0.3 is 5.97 Å². The van der Waals surface area contributed by atoms with Crippen LogP contribution in [0.25, 0.3) is 0 Å². The van der Waals surface area contributed by atoms with Gasteiger partial charge in [-0.05, 0) is 64.2 Å². The summed E-state index contributed by atoms with van der Waals surface area (Å²) in [5.74, 6) is -0.281. The number of carbonyl (C=O) groups excluding carboxylic acids is 2. The molecule has 1 aliphatic rings. The molecule has 4 heteroatoms. The number of aryl methyl sites for hydroxylation is 3. The summed E-state index contributed by atoms with van der Waals surface area (Å²) in [7, 11) is 0. The molecule has 0 radical (unpaired) electrons. The van der Waals surface area contributed by atoms with Crippen molar-refractivity contribution in [2.24, 2.45) is 0 Å². The van der Waals surface area contributed by atoms with Gasteiger partial charge in [-0.2, -0.15) is 0 Å². The molecular weight excluding hydrogens is 290 g/mol. The van der Waals surface area contributed by atoms with Crippen LogP contribution in [-0.4, -0.2) is 35.5 Å². The van der Waals surface area contributed by atoms with E-state index >= 15 is 0 Å². The van der Waals surface area contributed by atoms with Crippen molar-refractivity contribution in [1.29, 1.82) is 0 Å². The molecule has 0 saturated carbocycles. The van der Waals surface area contributed by atoms with Gasteiger partial charge in [0.1, 0.15) is 5.54 Å². The van der Waals surface area contributed by atoms with E-state index in [4.69, 9.17) is 4.74 Å². The first-order valence-electron chi connectivity index (χ1n) is 8.34. The van der Waals surface area contributed by atoms with Gasteiger partial charge in [-0.3, -0.25) is 4.79 Å². The Labute approximate surface area is 138 Å². The Morgan fingerprint density at radius 3 is 2.39 bits per heavy atom. The van der Waals surface area contributed by atoms with Gasteiger partial charge in [0.05, 0.1) is 13.0 Å². The van der Waals surface area contributed by atoms with Crippen LogP contribution in [0.4, 0.5) is 0 Å². The Morgan fingerprint density at radius 1 is 1.22 bits per heavy atom. The van der Waals surface area contributed by atoms with Crippen molar-refractivity contribution < 1.29 is 14.3 Å². The molecule has 1 saturated heterocycles. The van der Waals surface area contributed by atoms with Crippen molar-refractivity contribution in [3.8, 4) is 0 Å². The van der Waals surface area contributed by atoms with Crippen LogP contribution < -0.4 is 0 Å². The maximum Gasteiger partial charge on any atom is 0.331 e. The van der Waals surface area contributed by atoms with Crippen LogP contribution >= 0.6 is 0 Å². The lowest BCUT2D eigenvalue weighted by molar-refractivity contribution is -0.160. The van der Waals surface area contributed by atoms with Gasteiger partial charge in [-0.1, -0.05) is 17.7 Å². The summed E-state index contributed by atoms with van der Waals surface area (Å²) in [6, 6.07) is 4.20. The minimum absolute atomic E-state index is 0.00751. The van der Waals surface area contributed by atoms with E-state index in [-0.39, 0.29) is 11.9 Å². The lowest BCUT2D eigenvalue weighted by Crippen LogP contribution is -2.52. The third kappa shape index (κ3) is 3.41. The molecule has 126 valence electrons. The highest BCUT2D eigenvalue weighted by molar-refractivity contribution is 5.89. The first-order valence-corrected chi connectivity index (χ1v) is 8.34. The number of benzene rings is 1. The molecule has 0 N–H and O–H groups in total. The molecule has 1 aliphatic heterocycles. The summed E-state index contributed by atoms with van der Waals surface area (Å²) >= 11 is 0. The second kappa shape index (κ2) is 6.73. The van der Waals surface area contributed by atoms with E-state index in [2.05, 4.69) is 19.1 Å². The van der Waals surface area contributed by atoms with Crippen LogP contribution in [-0.2, 0) is 20.7 Å². The number of likely N-dealkylation sites (tertiary alicyclic amines) is 1. The number of carbonyl (C=O) groups is 2. The van der Waals surface area contributed by atoms with Crippen molar-refractivity contribution in [1.82, 2.24) is 4.90 Å². The molecule has 23 heavy (non-hydrogen) atoms. The highest BCUT2D eigenvalue weighted by atomic mass is 16.5. The Kier molecular flexibility index (Phi) is 5.12. The smallest absolute Gasteiger partial charge is 0.331 e. The Bertz CT molecular complexity index is 600. The average Bonchev–Trinajstić information content (AvgIpc) is 2.86. The van der Waals surface area contributed by atoms with Gasteiger partial charge in [-0.15, -0.1) is 0 Å². The summed E-state index contributed by atoms with van der Waals surface area (Å²) in [6.07, 6.45) is 1.85. The van der Waals surface area contributed by atoms with E-state index < -0.39 is 5.54 Å². The van der Waals surface area contributed by atoms with Crippen molar-refractivity contribution in [3.05, 3.63) is 34.4 Å². The Balaban J connectivity index is 2.22. The SMILES string of the molecule is CCOC(=O)C1(C)CCCN1C(=O)Cc1c(C)cc(C)cc1C. The van der Waals surface area contributed by atoms with Gasteiger partial charge in [0.2, 0.25) is 5.91 Å². The molecule has 1 aromatic carbocycles. The fourth-order valence-electron chi connectivity index (χ4n) is 3.60. The molecule has 1 amide bonds. The molecule has 1 heterocycles. The minimum atomic E-state index is -0.820. The van der Waals surface area contributed by atoms with Gasteiger partial charge in [0.15, 0.2) is 0 Å². The third-order valence-electron chi connectivity index (χ3n) is 4.83. The van der Waals surface area contributed by atoms with Crippen LogP contribution in [0.15, 0.2) is 12.1 Å². The zero-order valence-corrected chi connectivity index (χ0v) is 14.9. The molecule has 1 atom stereocenters. The summed E-state index contributed by atoms with van der Waals surface area (Å²) in [5.41, 5.74) is 3.72. The predicted molar refractivity (Wildman–Crippen MR) is 90.3 cm³/mol. The standard InChI is InChI=1S/C19H27NO3/c1-6-23-18(22)19(5)8-7-9-20(19)17(21)12-16-14(3)10-13(2)11-15(16)4/h10-11H,6-9,12H2,1-5H3. The fourth-order valence-corrected chi connectivity index (χ4v) is 3.60. The molecule has 1 aromatic rings. The molecule has 0 aliphatic carbocycles. The van der Waals surface area contributed by atoms with Gasteiger partial charge in [0.25, 0.3) is 0 Å². The van der Waals surface area contributed by atoms with Crippen LogP contribution in [0.5, 0.6) is 0 Å². The highest BCUT2D eigenvalue weighted by Crippen LogP contribution is 2.31. The van der Waals surface area contributed by atoms with E-state index in [1.54, 1.807) is 11.8 Å². The van der Waals surface area contributed by atoms with E-state index in [0.29, 0.717) is 26.0 Å². The maximum absolute atomic E-state index is 12.8. The van der Waals surface area contributed by atoms with Crippen LogP contribution in [0.3, 0.4) is 0 Å². The maximum atomic E-state index is 12.8. The second-order valence-electron chi connectivity index (χ2n) is 6.70. The first kappa shape index (κ1) is 17.5. The molecule has 1 unspecified atom stereocenters. The molecule has 4 nitrogen and oxygen atoms in total. The largest absolute Gasteiger partial charge is 0.464 e. The van der Waals surface area contributed by atoms with Crippen molar-refractivity contribution in [2.45, 2.75) is 59.4 Å². The zero-order valence-electron chi connectivity index (χ0n) is 14.9. The molecule has 0 aromatic heterocycles. The summed E-state index contributed by atoms with van der Waals surface area (Å²) < 4.78 is 5.19. The van der Waals surface area contributed by atoms with Gasteiger partial charge in [0, 0.05) is 6.54 Å². The van der Waals surface area contributed by atoms with E-state index in [1.165, 1.54) is 5.56 Å². The monoisotopic (exact) mass is 317 g/mol. The number of amides is 1. The number of esters is 1. The molecular formula is C19H27NO3. The van der Waals surface area contributed by atoms with Crippen LogP contribution in [0.2, 0.25) is 0 Å². The Hall–Kier alpha value is -1.84. The molecule has 2 rings (SSSR count). The van der Waals surface area contributed by atoms with E-state index in [1.807, 2.05) is 20.8 Å². The van der Waals surface area contributed by atoms with Crippen molar-refractivity contribution >= 4 is 11.9 Å². The minimum Gasteiger partial charge on any atom is -0.464 e. The fraction of sp³-hybridized carbons (Fsp3) is 0.579. The summed E-state index contributed by atoms with van der Waals surface area (Å²) in [6.45, 7) is 10.7. The molecule has 1 fully saturated rings. The number of ether oxygens (including phenoxy) is 1. The number of nitrogens with zero attached hydrogens (tertiary/aromatic N) is 1. The normalized spacial score (nSPS) is 20.7. The lowest BCUT2D eigenvalue weighted by atomic mass is 9.95. The topological polar surface area (TPSA) is 46.6 Å². The number of rotatable bonds is 4. The zero-order chi connectivity index (χ0) is 17.2. The van der Waals surface area contributed by atoms with Crippen LogP contribution in [0.1, 0.15) is 48.9 Å². The molecule has 0 spiro atoms. The van der Waals surface area contributed by atoms with E-state index in [9.17, 15) is 9.59 Å². The number of hydrogen-bond donors (Lipinski definition) is 0. The highest BCUT2D eigenvalue weighted by Gasteiger charge is 2.46. The first-order chi connectivity index (χ1) is 10.8. The summed E-state index contributed by atoms with van der Waals surface area (Å²) in [5, 5.41) is 0. The average molecular weight is 317 g/mol. The number of hydrogen-bond acceptors (Lipinski definition) is 3. The quantitative estimate of drug-likeness (QED) is 0.802. The predicted octanol–water partition coefficient (Wildman–Crippen LogP) is 3.10. The van der Waals surface area contributed by atoms with Crippen LogP contribution in [0, 0.1) is 20.8 Å². The summed E-state index contributed by atoms with van der Waals surface area (Å²) in [4.78, 5) is 26.9. The third-order valence-corrected chi connectivity index (χ3v) is 4.83. The Morgan fingerprint density at radius 2 is 1.83 bits per heavy atom. The lowest BCUT2D eigenvalue weighted by Gasteiger charge is -2.33. The van der Waals surface area contributed by atoms with Crippen molar-refractivity contribution in [3.63, 3.8) is 0 Å². The second-order valence-corrected chi connectivity index (χ2v) is 6.70. The van der Waals surface area contributed by atoms with Gasteiger partial charge in [-0.25, -0.2) is 4.79 Å². The van der Waals surface area contributed by atoms with Gasteiger partial charge < -0.3 is 9.64 Å². The molecule has 0 bridgehead atoms. The van der Waals surface area contributed by atoms with E-state index in [0.717, 1.165) is 23.1 Å². The van der Waals surface area contributed by atoms with Crippen molar-refractivity contribution in [2.75, 3.05) is 13.2 Å².